The van der Waals surface area contributed by atoms with E-state index in [2.05, 4.69) is 16.0 Å². The second-order valence-electron chi connectivity index (χ2n) is 4.84. The third kappa shape index (κ3) is 1.98. The molecule has 0 saturated heterocycles. The van der Waals surface area contributed by atoms with E-state index in [1.54, 1.807) is 0 Å². The Balaban J connectivity index is 2.05. The number of hydrogen-bond acceptors (Lipinski definition) is 4. The molecule has 0 fully saturated rings. The topological polar surface area (TPSA) is 61.0 Å². The van der Waals surface area contributed by atoms with Crippen molar-refractivity contribution in [1.29, 1.82) is 0 Å². The number of nitrogens with two attached hydrogens (primary N) is 1. The zero-order valence-corrected chi connectivity index (χ0v) is 11.2. The molecule has 1 aliphatic rings. The Kier molecular flexibility index (Phi) is 2.95. The van der Waals surface area contributed by atoms with Crippen LogP contribution in [0.25, 0.3) is 0 Å². The molecule has 1 aliphatic heterocycles. The summed E-state index contributed by atoms with van der Waals surface area (Å²) in [5, 5.41) is 0. The summed E-state index contributed by atoms with van der Waals surface area (Å²) >= 11 is 0. The Labute approximate surface area is 112 Å². The van der Waals surface area contributed by atoms with E-state index in [9.17, 15) is 0 Å². The Morgan fingerprint density at radius 3 is 2.58 bits per heavy atom. The summed E-state index contributed by atoms with van der Waals surface area (Å²) in [6.07, 6.45) is 0. The van der Waals surface area contributed by atoms with Gasteiger partial charge in [0.25, 0.3) is 0 Å². The lowest BCUT2D eigenvalue weighted by atomic mass is 10.00. The van der Waals surface area contributed by atoms with Crippen molar-refractivity contribution >= 4 is 0 Å². The number of rotatable bonds is 2. The van der Waals surface area contributed by atoms with Crippen molar-refractivity contribution < 1.29 is 4.74 Å². The van der Waals surface area contributed by atoms with Crippen molar-refractivity contribution in [2.75, 3.05) is 6.61 Å². The molecule has 0 radical (unpaired) electrons. The standard InChI is InChI=1S/C15H17N3O/c1-9-12(7-16)10(2)18-15(17-9)13-8-19-14-6-4-3-5-11(13)14/h3-6,13H,7-8,16H2,1-2H3. The van der Waals surface area contributed by atoms with Crippen molar-refractivity contribution in [3.05, 3.63) is 52.6 Å². The highest BCUT2D eigenvalue weighted by Crippen LogP contribution is 2.36. The maximum atomic E-state index is 5.73. The number of aryl methyl sites for hydroxylation is 2. The van der Waals surface area contributed by atoms with Crippen LogP contribution in [0.3, 0.4) is 0 Å². The van der Waals surface area contributed by atoms with Gasteiger partial charge < -0.3 is 10.5 Å². The van der Waals surface area contributed by atoms with Gasteiger partial charge in [0.1, 0.15) is 18.2 Å². The Hall–Kier alpha value is -1.94. The smallest absolute Gasteiger partial charge is 0.139 e. The predicted octanol–water partition coefficient (Wildman–Crippen LogP) is 2.08. The molecule has 1 aromatic heterocycles. The number of ether oxygens (including phenoxy) is 1. The molecule has 2 N–H and O–H groups in total. The number of aromatic nitrogens is 2. The normalized spacial score (nSPS) is 17.1. The molecule has 3 rings (SSSR count). The van der Waals surface area contributed by atoms with E-state index in [1.807, 2.05) is 32.0 Å². The summed E-state index contributed by atoms with van der Waals surface area (Å²) in [6, 6.07) is 8.08. The monoisotopic (exact) mass is 255 g/mol. The van der Waals surface area contributed by atoms with Gasteiger partial charge in [-0.1, -0.05) is 18.2 Å². The second-order valence-corrected chi connectivity index (χ2v) is 4.84. The summed E-state index contributed by atoms with van der Waals surface area (Å²) in [6.45, 7) is 5.07. The summed E-state index contributed by atoms with van der Waals surface area (Å²) in [5.74, 6) is 1.90. The molecule has 4 heteroatoms. The van der Waals surface area contributed by atoms with Gasteiger partial charge in [-0.25, -0.2) is 9.97 Å². The van der Waals surface area contributed by atoms with Crippen molar-refractivity contribution in [2.24, 2.45) is 5.73 Å². The maximum absolute atomic E-state index is 5.73. The molecule has 1 unspecified atom stereocenters. The number of para-hydroxylation sites is 1. The Morgan fingerprint density at radius 2 is 1.89 bits per heavy atom. The second kappa shape index (κ2) is 4.63. The minimum atomic E-state index is 0.125. The third-order valence-electron chi connectivity index (χ3n) is 3.65. The van der Waals surface area contributed by atoms with Crippen LogP contribution in [0.4, 0.5) is 0 Å². The van der Waals surface area contributed by atoms with E-state index >= 15 is 0 Å². The molecule has 0 spiro atoms. The molecule has 0 saturated carbocycles. The molecule has 0 aliphatic carbocycles. The van der Waals surface area contributed by atoms with Gasteiger partial charge in [0.15, 0.2) is 0 Å². The average Bonchev–Trinajstić information content (AvgIpc) is 2.82. The molecule has 1 atom stereocenters. The van der Waals surface area contributed by atoms with E-state index in [4.69, 9.17) is 10.5 Å². The quantitative estimate of drug-likeness (QED) is 0.892. The first-order valence-corrected chi connectivity index (χ1v) is 6.46. The van der Waals surface area contributed by atoms with E-state index in [0.29, 0.717) is 13.2 Å². The van der Waals surface area contributed by atoms with Crippen LogP contribution in [0.15, 0.2) is 24.3 Å². The molecule has 0 amide bonds. The fourth-order valence-corrected chi connectivity index (χ4v) is 2.59. The van der Waals surface area contributed by atoms with Crippen LogP contribution < -0.4 is 10.5 Å². The van der Waals surface area contributed by atoms with Crippen LogP contribution in [-0.4, -0.2) is 16.6 Å². The molecule has 98 valence electrons. The Bertz CT molecular complexity index is 602. The largest absolute Gasteiger partial charge is 0.492 e. The van der Waals surface area contributed by atoms with Gasteiger partial charge in [-0.2, -0.15) is 0 Å². The minimum Gasteiger partial charge on any atom is -0.492 e. The van der Waals surface area contributed by atoms with Crippen LogP contribution in [0.2, 0.25) is 0 Å². The highest BCUT2D eigenvalue weighted by Gasteiger charge is 2.28. The van der Waals surface area contributed by atoms with Crippen LogP contribution in [0.1, 0.15) is 34.3 Å². The first-order valence-electron chi connectivity index (χ1n) is 6.46. The zero-order valence-electron chi connectivity index (χ0n) is 11.2. The average molecular weight is 255 g/mol. The van der Waals surface area contributed by atoms with Crippen molar-refractivity contribution in [3.8, 4) is 5.75 Å². The molecular weight excluding hydrogens is 238 g/mol. The lowest BCUT2D eigenvalue weighted by Gasteiger charge is -2.12. The lowest BCUT2D eigenvalue weighted by molar-refractivity contribution is 0.339. The van der Waals surface area contributed by atoms with Gasteiger partial charge in [0.2, 0.25) is 0 Å². The van der Waals surface area contributed by atoms with Crippen molar-refractivity contribution in [3.63, 3.8) is 0 Å². The van der Waals surface area contributed by atoms with Gasteiger partial charge in [-0.05, 0) is 19.9 Å². The van der Waals surface area contributed by atoms with Crippen LogP contribution in [0.5, 0.6) is 5.75 Å². The molecule has 4 nitrogen and oxygen atoms in total. The zero-order chi connectivity index (χ0) is 13.4. The SMILES string of the molecule is Cc1nc(C2COc3ccccc32)nc(C)c1CN. The van der Waals surface area contributed by atoms with Crippen molar-refractivity contribution in [1.82, 2.24) is 9.97 Å². The first-order chi connectivity index (χ1) is 9.20. The molecule has 19 heavy (non-hydrogen) atoms. The van der Waals surface area contributed by atoms with Gasteiger partial charge in [-0.15, -0.1) is 0 Å². The number of benzene rings is 1. The molecule has 2 heterocycles. The first kappa shape index (κ1) is 12.1. The number of hydrogen-bond donors (Lipinski definition) is 1. The van der Waals surface area contributed by atoms with Crippen molar-refractivity contribution in [2.45, 2.75) is 26.3 Å². The number of fused-ring (bicyclic) bond motifs is 1. The van der Waals surface area contributed by atoms with Crippen LogP contribution in [0, 0.1) is 13.8 Å². The third-order valence-corrected chi connectivity index (χ3v) is 3.65. The molecule has 0 bridgehead atoms. The van der Waals surface area contributed by atoms with E-state index in [0.717, 1.165) is 28.5 Å². The Morgan fingerprint density at radius 1 is 1.21 bits per heavy atom. The summed E-state index contributed by atoms with van der Waals surface area (Å²) < 4.78 is 5.70. The fraction of sp³-hybridized carbons (Fsp3) is 0.333. The number of nitrogens with zero attached hydrogens (tertiary/aromatic N) is 2. The maximum Gasteiger partial charge on any atom is 0.139 e. The van der Waals surface area contributed by atoms with Gasteiger partial charge in [0, 0.05) is 29.1 Å². The van der Waals surface area contributed by atoms with E-state index in [-0.39, 0.29) is 5.92 Å². The van der Waals surface area contributed by atoms with Gasteiger partial charge in [0.05, 0.1) is 5.92 Å². The molecule has 2 aromatic rings. The summed E-state index contributed by atoms with van der Waals surface area (Å²) in [7, 11) is 0. The molecular formula is C15H17N3O. The van der Waals surface area contributed by atoms with Crippen LogP contribution in [-0.2, 0) is 6.54 Å². The fourth-order valence-electron chi connectivity index (χ4n) is 2.59. The van der Waals surface area contributed by atoms with E-state index in [1.165, 1.54) is 5.56 Å². The van der Waals surface area contributed by atoms with Crippen LogP contribution >= 0.6 is 0 Å². The van der Waals surface area contributed by atoms with Gasteiger partial charge >= 0.3 is 0 Å². The summed E-state index contributed by atoms with van der Waals surface area (Å²) in [5.41, 5.74) is 9.87. The lowest BCUT2D eigenvalue weighted by Crippen LogP contribution is -2.13. The van der Waals surface area contributed by atoms with E-state index < -0.39 is 0 Å². The highest BCUT2D eigenvalue weighted by atomic mass is 16.5. The van der Waals surface area contributed by atoms with Gasteiger partial charge in [-0.3, -0.25) is 0 Å². The predicted molar refractivity (Wildman–Crippen MR) is 73.2 cm³/mol. The molecule has 1 aromatic carbocycles. The summed E-state index contributed by atoms with van der Waals surface area (Å²) in [4.78, 5) is 9.23. The highest BCUT2D eigenvalue weighted by molar-refractivity contribution is 5.43. The minimum absolute atomic E-state index is 0.125.